The van der Waals surface area contributed by atoms with E-state index in [2.05, 4.69) is 15.3 Å². The van der Waals surface area contributed by atoms with Gasteiger partial charge in [0, 0.05) is 10.6 Å². The third kappa shape index (κ3) is 5.42. The summed E-state index contributed by atoms with van der Waals surface area (Å²) in [5.74, 6) is -0.833. The second-order valence-corrected chi connectivity index (χ2v) is 9.73. The Balaban J connectivity index is 1.73. The van der Waals surface area contributed by atoms with Gasteiger partial charge in [0.05, 0.1) is 41.7 Å². The van der Waals surface area contributed by atoms with Gasteiger partial charge in [0.15, 0.2) is 0 Å². The molecule has 174 valence electrons. The van der Waals surface area contributed by atoms with Gasteiger partial charge in [-0.25, -0.2) is 14.6 Å². The first-order chi connectivity index (χ1) is 15.6. The second-order valence-electron chi connectivity index (χ2n) is 7.20. The first-order valence-corrected chi connectivity index (χ1v) is 11.7. The first kappa shape index (κ1) is 24.5. The number of rotatable bonds is 7. The van der Waals surface area contributed by atoms with Gasteiger partial charge in [-0.15, -0.1) is 23.1 Å². The third-order valence-corrected chi connectivity index (χ3v) is 7.23. The number of carbonyl (C=O) groups is 3. The minimum atomic E-state index is -0.650. The third-order valence-electron chi connectivity index (χ3n) is 4.97. The summed E-state index contributed by atoms with van der Waals surface area (Å²) in [6, 6.07) is 4.17. The molecule has 2 aromatic heterocycles. The Kier molecular flexibility index (Phi) is 7.54. The molecule has 0 aliphatic carbocycles. The molecule has 1 amide bonds. The molecule has 0 aliphatic heterocycles. The van der Waals surface area contributed by atoms with Gasteiger partial charge >= 0.3 is 11.9 Å². The molecule has 0 fully saturated rings. The quantitative estimate of drug-likeness (QED) is 0.483. The molecule has 3 rings (SSSR count). The van der Waals surface area contributed by atoms with Gasteiger partial charge in [-0.2, -0.15) is 0 Å². The number of benzene rings is 1. The maximum Gasteiger partial charge on any atom is 0.337 e. The number of hydrogen-bond donors (Lipinski definition) is 2. The predicted molar refractivity (Wildman–Crippen MR) is 128 cm³/mol. The molecule has 0 saturated carbocycles. The summed E-state index contributed by atoms with van der Waals surface area (Å²) in [4.78, 5) is 58.0. The van der Waals surface area contributed by atoms with E-state index >= 15 is 0 Å². The molecular weight excluding hydrogens is 466 g/mol. The molecule has 1 atom stereocenters. The minimum absolute atomic E-state index is 0.104. The number of ether oxygens (including phenoxy) is 2. The number of methoxy groups -OCH3 is 2. The van der Waals surface area contributed by atoms with Gasteiger partial charge in [0.2, 0.25) is 5.91 Å². The number of nitrogens with one attached hydrogen (secondary N) is 2. The highest BCUT2D eigenvalue weighted by molar-refractivity contribution is 7.99. The average molecular weight is 490 g/mol. The Morgan fingerprint density at radius 3 is 2.30 bits per heavy atom. The van der Waals surface area contributed by atoms with Crippen LogP contribution in [0.5, 0.6) is 0 Å². The summed E-state index contributed by atoms with van der Waals surface area (Å²) in [5, 5.41) is 2.79. The van der Waals surface area contributed by atoms with E-state index in [1.165, 1.54) is 55.5 Å². The highest BCUT2D eigenvalue weighted by atomic mass is 32.2. The minimum Gasteiger partial charge on any atom is -0.465 e. The number of esters is 2. The molecule has 2 N–H and O–H groups in total. The van der Waals surface area contributed by atoms with E-state index in [0.29, 0.717) is 21.8 Å². The van der Waals surface area contributed by atoms with Crippen LogP contribution in [-0.2, 0) is 20.0 Å². The van der Waals surface area contributed by atoms with Crippen molar-refractivity contribution in [2.24, 2.45) is 0 Å². The van der Waals surface area contributed by atoms with Crippen molar-refractivity contribution in [3.05, 3.63) is 55.9 Å². The molecule has 9 nitrogen and oxygen atoms in total. The lowest BCUT2D eigenvalue weighted by molar-refractivity contribution is -0.115. The van der Waals surface area contributed by atoms with E-state index in [4.69, 9.17) is 9.47 Å². The van der Waals surface area contributed by atoms with Gasteiger partial charge < -0.3 is 19.8 Å². The number of fused-ring (bicyclic) bond motifs is 1. The van der Waals surface area contributed by atoms with E-state index in [1.807, 2.05) is 13.8 Å². The van der Waals surface area contributed by atoms with Gasteiger partial charge in [-0.05, 0) is 44.5 Å². The van der Waals surface area contributed by atoms with Crippen molar-refractivity contribution in [3.63, 3.8) is 0 Å². The summed E-state index contributed by atoms with van der Waals surface area (Å²) >= 11 is 2.76. The lowest BCUT2D eigenvalue weighted by atomic mass is 10.1. The van der Waals surface area contributed by atoms with Gasteiger partial charge in [-0.1, -0.05) is 0 Å². The Bertz CT molecular complexity index is 1260. The number of amides is 1. The summed E-state index contributed by atoms with van der Waals surface area (Å²) in [6.07, 6.45) is 0. The molecule has 1 aromatic carbocycles. The highest BCUT2D eigenvalue weighted by Crippen LogP contribution is 2.27. The average Bonchev–Trinajstić information content (AvgIpc) is 3.09. The molecule has 0 saturated heterocycles. The molecule has 0 radical (unpaired) electrons. The monoisotopic (exact) mass is 489 g/mol. The van der Waals surface area contributed by atoms with Crippen LogP contribution in [0.25, 0.3) is 10.2 Å². The first-order valence-electron chi connectivity index (χ1n) is 9.87. The summed E-state index contributed by atoms with van der Waals surface area (Å²) < 4.78 is 9.41. The molecule has 1 unspecified atom stereocenters. The number of aromatic amines is 1. The fourth-order valence-electron chi connectivity index (χ4n) is 3.06. The van der Waals surface area contributed by atoms with E-state index in [0.717, 1.165) is 10.4 Å². The molecule has 11 heteroatoms. The number of nitrogens with zero attached hydrogens (tertiary/aromatic N) is 1. The van der Waals surface area contributed by atoms with Gasteiger partial charge in [0.1, 0.15) is 10.7 Å². The molecule has 2 heterocycles. The van der Waals surface area contributed by atoms with Crippen LogP contribution in [0, 0.1) is 13.8 Å². The number of thioether (sulfide) groups is 1. The van der Waals surface area contributed by atoms with Crippen LogP contribution in [0.4, 0.5) is 5.69 Å². The van der Waals surface area contributed by atoms with E-state index in [-0.39, 0.29) is 28.3 Å². The molecule has 0 aliphatic rings. The van der Waals surface area contributed by atoms with E-state index < -0.39 is 17.2 Å². The number of anilines is 1. The number of aromatic nitrogens is 2. The van der Waals surface area contributed by atoms with Crippen molar-refractivity contribution in [2.75, 3.05) is 19.5 Å². The SMILES string of the molecule is COC(=O)c1cc(NC(=O)C(C)SCc2nc3sc(C)c(C)c3c(=O)[nH]2)cc(C(=O)OC)c1. The largest absolute Gasteiger partial charge is 0.465 e. The molecule has 3 aromatic rings. The zero-order chi connectivity index (χ0) is 24.3. The Hall–Kier alpha value is -3.18. The van der Waals surface area contributed by atoms with E-state index in [9.17, 15) is 19.2 Å². The van der Waals surface area contributed by atoms with Crippen molar-refractivity contribution < 1.29 is 23.9 Å². The fourth-order valence-corrected chi connectivity index (χ4v) is 4.87. The Morgan fingerprint density at radius 1 is 1.12 bits per heavy atom. The van der Waals surface area contributed by atoms with Crippen molar-refractivity contribution in [1.29, 1.82) is 0 Å². The maximum atomic E-state index is 12.7. The maximum absolute atomic E-state index is 12.7. The lowest BCUT2D eigenvalue weighted by Gasteiger charge is -2.13. The van der Waals surface area contributed by atoms with Crippen LogP contribution in [0.3, 0.4) is 0 Å². The lowest BCUT2D eigenvalue weighted by Crippen LogP contribution is -2.23. The number of thiophene rings is 1. The predicted octanol–water partition coefficient (Wildman–Crippen LogP) is 3.44. The normalized spacial score (nSPS) is 11.8. The summed E-state index contributed by atoms with van der Waals surface area (Å²) in [5.41, 5.74) is 1.20. The molecular formula is C22H23N3O6S2. The Morgan fingerprint density at radius 2 is 1.73 bits per heavy atom. The van der Waals surface area contributed by atoms with Crippen LogP contribution in [0.15, 0.2) is 23.0 Å². The van der Waals surface area contributed by atoms with Crippen LogP contribution < -0.4 is 10.9 Å². The van der Waals surface area contributed by atoms with Crippen LogP contribution in [0.2, 0.25) is 0 Å². The van der Waals surface area contributed by atoms with Crippen molar-refractivity contribution in [2.45, 2.75) is 31.8 Å². The number of carbonyl (C=O) groups excluding carboxylic acids is 3. The Labute approximate surface area is 197 Å². The molecule has 33 heavy (non-hydrogen) atoms. The summed E-state index contributed by atoms with van der Waals surface area (Å²) in [7, 11) is 2.44. The van der Waals surface area contributed by atoms with E-state index in [1.54, 1.807) is 6.92 Å². The standard InChI is InChI=1S/C22H23N3O6S2/c1-10-11(2)33-20-17(10)19(27)24-16(25-20)9-32-12(3)18(26)23-15-7-13(21(28)30-4)6-14(8-15)22(29)31-5/h6-8,12H,9H2,1-5H3,(H,23,26)(H,24,25,27). The number of hydrogen-bond acceptors (Lipinski definition) is 9. The van der Waals surface area contributed by atoms with Gasteiger partial charge in [0.25, 0.3) is 5.56 Å². The number of aryl methyl sites for hydroxylation is 2. The zero-order valence-corrected chi connectivity index (χ0v) is 20.4. The highest BCUT2D eigenvalue weighted by Gasteiger charge is 2.19. The van der Waals surface area contributed by atoms with Crippen molar-refractivity contribution in [3.8, 4) is 0 Å². The second kappa shape index (κ2) is 10.2. The zero-order valence-electron chi connectivity index (χ0n) is 18.7. The smallest absolute Gasteiger partial charge is 0.337 e. The van der Waals surface area contributed by atoms with Crippen LogP contribution >= 0.6 is 23.1 Å². The van der Waals surface area contributed by atoms with Gasteiger partial charge in [-0.3, -0.25) is 9.59 Å². The molecule has 0 bridgehead atoms. The van der Waals surface area contributed by atoms with Crippen molar-refractivity contribution >= 4 is 56.8 Å². The topological polar surface area (TPSA) is 127 Å². The number of H-pyrrole nitrogens is 1. The summed E-state index contributed by atoms with van der Waals surface area (Å²) in [6.45, 7) is 5.55. The molecule has 0 spiro atoms. The van der Waals surface area contributed by atoms with Crippen LogP contribution in [0.1, 0.15) is 43.9 Å². The van der Waals surface area contributed by atoms with Crippen molar-refractivity contribution in [1.82, 2.24) is 9.97 Å². The fraction of sp³-hybridized carbons (Fsp3) is 0.318. The van der Waals surface area contributed by atoms with Crippen LogP contribution in [-0.4, -0.2) is 47.3 Å².